The minimum absolute atomic E-state index is 0.252. The van der Waals surface area contributed by atoms with Crippen molar-refractivity contribution in [2.75, 3.05) is 5.75 Å². The van der Waals surface area contributed by atoms with Crippen molar-refractivity contribution in [2.45, 2.75) is 5.16 Å². The number of thioether (sulfide) groups is 1. The number of halogens is 2. The SMILES string of the molecule is Fc1ccc(C2=Nn3c(nnc3-c3cccc(Br)c3)SC2)cc1. The number of hydrogen-bond acceptors (Lipinski definition) is 4. The molecule has 7 heteroatoms. The molecule has 0 N–H and O–H groups in total. The van der Waals surface area contributed by atoms with E-state index in [-0.39, 0.29) is 5.82 Å². The summed E-state index contributed by atoms with van der Waals surface area (Å²) in [5.41, 5.74) is 2.71. The van der Waals surface area contributed by atoms with Gasteiger partial charge in [0.1, 0.15) is 5.82 Å². The quantitative estimate of drug-likeness (QED) is 0.660. The minimum Gasteiger partial charge on any atom is -0.207 e. The van der Waals surface area contributed by atoms with Crippen LogP contribution in [0.5, 0.6) is 0 Å². The highest BCUT2D eigenvalue weighted by Gasteiger charge is 2.20. The molecular weight excluding hydrogens is 379 g/mol. The Hall–Kier alpha value is -1.99. The van der Waals surface area contributed by atoms with Gasteiger partial charge in [-0.05, 0) is 29.8 Å². The van der Waals surface area contributed by atoms with E-state index in [0.717, 1.165) is 26.5 Å². The third-order valence-electron chi connectivity index (χ3n) is 3.43. The predicted octanol–water partition coefficient (Wildman–Crippen LogP) is 4.20. The third kappa shape index (κ3) is 2.82. The molecule has 0 saturated heterocycles. The first-order valence-electron chi connectivity index (χ1n) is 6.89. The van der Waals surface area contributed by atoms with Gasteiger partial charge in [-0.2, -0.15) is 9.78 Å². The smallest absolute Gasteiger partial charge is 0.207 e. The second-order valence-corrected chi connectivity index (χ2v) is 6.83. The summed E-state index contributed by atoms with van der Waals surface area (Å²) in [6.45, 7) is 0. The number of aromatic nitrogens is 3. The molecule has 3 aromatic rings. The molecule has 2 heterocycles. The van der Waals surface area contributed by atoms with Gasteiger partial charge in [0.25, 0.3) is 0 Å². The fourth-order valence-corrected chi connectivity index (χ4v) is 3.56. The van der Waals surface area contributed by atoms with Crippen molar-refractivity contribution in [3.8, 4) is 11.4 Å². The molecule has 0 aliphatic carbocycles. The predicted molar refractivity (Wildman–Crippen MR) is 92.2 cm³/mol. The topological polar surface area (TPSA) is 43.1 Å². The van der Waals surface area contributed by atoms with Crippen LogP contribution in [0.1, 0.15) is 5.56 Å². The molecule has 0 atom stereocenters. The van der Waals surface area contributed by atoms with Crippen LogP contribution in [0.3, 0.4) is 0 Å². The van der Waals surface area contributed by atoms with E-state index in [0.29, 0.717) is 11.6 Å². The summed E-state index contributed by atoms with van der Waals surface area (Å²) in [6.07, 6.45) is 0. The average molecular weight is 389 g/mol. The van der Waals surface area contributed by atoms with Crippen LogP contribution >= 0.6 is 27.7 Å². The van der Waals surface area contributed by atoms with Crippen LogP contribution in [0.2, 0.25) is 0 Å². The van der Waals surface area contributed by atoms with Crippen LogP contribution < -0.4 is 0 Å². The maximum absolute atomic E-state index is 13.1. The van der Waals surface area contributed by atoms with E-state index in [9.17, 15) is 4.39 Å². The van der Waals surface area contributed by atoms with Gasteiger partial charge in [0, 0.05) is 15.8 Å². The van der Waals surface area contributed by atoms with Gasteiger partial charge in [-0.25, -0.2) is 4.39 Å². The molecule has 23 heavy (non-hydrogen) atoms. The minimum atomic E-state index is -0.252. The summed E-state index contributed by atoms with van der Waals surface area (Å²) in [4.78, 5) is 0. The Kier molecular flexibility index (Phi) is 3.74. The highest BCUT2D eigenvalue weighted by Crippen LogP contribution is 2.29. The number of nitrogens with zero attached hydrogens (tertiary/aromatic N) is 4. The van der Waals surface area contributed by atoms with Gasteiger partial charge < -0.3 is 0 Å². The van der Waals surface area contributed by atoms with Crippen LogP contribution in [0.15, 0.2) is 63.3 Å². The van der Waals surface area contributed by atoms with Crippen molar-refractivity contribution < 1.29 is 4.39 Å². The molecule has 0 bridgehead atoms. The highest BCUT2D eigenvalue weighted by atomic mass is 79.9. The molecule has 4 nitrogen and oxygen atoms in total. The lowest BCUT2D eigenvalue weighted by atomic mass is 10.1. The Morgan fingerprint density at radius 3 is 2.65 bits per heavy atom. The van der Waals surface area contributed by atoms with Crippen LogP contribution in [0, 0.1) is 5.82 Å². The molecule has 4 rings (SSSR count). The molecule has 0 unspecified atom stereocenters. The first-order valence-corrected chi connectivity index (χ1v) is 8.66. The molecule has 1 aliphatic rings. The summed E-state index contributed by atoms with van der Waals surface area (Å²) in [6, 6.07) is 14.2. The zero-order valence-electron chi connectivity index (χ0n) is 11.8. The summed E-state index contributed by atoms with van der Waals surface area (Å²) >= 11 is 5.03. The molecule has 0 fully saturated rings. The summed E-state index contributed by atoms with van der Waals surface area (Å²) < 4.78 is 15.8. The molecule has 0 spiro atoms. The van der Waals surface area contributed by atoms with E-state index in [2.05, 4.69) is 31.2 Å². The number of fused-ring (bicyclic) bond motifs is 1. The maximum atomic E-state index is 13.1. The van der Waals surface area contributed by atoms with Crippen molar-refractivity contribution >= 4 is 33.4 Å². The summed E-state index contributed by atoms with van der Waals surface area (Å²) in [5, 5.41) is 13.9. The lowest BCUT2D eigenvalue weighted by molar-refractivity contribution is 0.627. The second kappa shape index (κ2) is 5.90. The Balaban J connectivity index is 1.79. The molecule has 0 amide bonds. The Morgan fingerprint density at radius 1 is 1.04 bits per heavy atom. The van der Waals surface area contributed by atoms with E-state index in [4.69, 9.17) is 0 Å². The van der Waals surface area contributed by atoms with Gasteiger partial charge in [-0.3, -0.25) is 0 Å². The van der Waals surface area contributed by atoms with E-state index in [1.54, 1.807) is 28.6 Å². The van der Waals surface area contributed by atoms with Crippen molar-refractivity contribution in [1.82, 2.24) is 14.9 Å². The van der Waals surface area contributed by atoms with Gasteiger partial charge >= 0.3 is 0 Å². The lowest BCUT2D eigenvalue weighted by Crippen LogP contribution is -2.13. The number of hydrogen-bond donors (Lipinski definition) is 0. The Bertz CT molecular complexity index is 905. The normalized spacial score (nSPS) is 13.6. The first kappa shape index (κ1) is 14.6. The fourth-order valence-electron chi connectivity index (χ4n) is 2.32. The molecule has 1 aromatic heterocycles. The maximum Gasteiger partial charge on any atom is 0.212 e. The van der Waals surface area contributed by atoms with Gasteiger partial charge in [0.05, 0.1) is 5.71 Å². The molecule has 2 aromatic carbocycles. The Morgan fingerprint density at radius 2 is 1.87 bits per heavy atom. The standard InChI is InChI=1S/C16H10BrFN4S/c17-12-3-1-2-11(8-12)15-19-20-16-22(15)21-14(9-23-16)10-4-6-13(18)7-5-10/h1-8H,9H2. The number of rotatable bonds is 2. The van der Waals surface area contributed by atoms with Crippen LogP contribution in [-0.2, 0) is 0 Å². The monoisotopic (exact) mass is 388 g/mol. The molecule has 1 aliphatic heterocycles. The fraction of sp³-hybridized carbons (Fsp3) is 0.0625. The zero-order chi connectivity index (χ0) is 15.8. The zero-order valence-corrected chi connectivity index (χ0v) is 14.2. The van der Waals surface area contributed by atoms with Crippen LogP contribution in [0.25, 0.3) is 11.4 Å². The van der Waals surface area contributed by atoms with Crippen LogP contribution in [-0.4, -0.2) is 26.3 Å². The average Bonchev–Trinajstić information content (AvgIpc) is 2.98. The third-order valence-corrected chi connectivity index (χ3v) is 4.85. The number of benzene rings is 2. The van der Waals surface area contributed by atoms with Gasteiger partial charge in [-0.15, -0.1) is 10.2 Å². The van der Waals surface area contributed by atoms with Crippen molar-refractivity contribution in [2.24, 2.45) is 5.10 Å². The van der Waals surface area contributed by atoms with Crippen molar-refractivity contribution in [3.63, 3.8) is 0 Å². The van der Waals surface area contributed by atoms with E-state index in [1.165, 1.54) is 12.1 Å². The van der Waals surface area contributed by atoms with E-state index >= 15 is 0 Å². The van der Waals surface area contributed by atoms with Gasteiger partial charge in [0.15, 0.2) is 5.82 Å². The lowest BCUT2D eigenvalue weighted by Gasteiger charge is -2.14. The molecular formula is C16H10BrFN4S. The molecule has 0 saturated carbocycles. The van der Waals surface area contributed by atoms with Crippen LogP contribution in [0.4, 0.5) is 4.39 Å². The van der Waals surface area contributed by atoms with Gasteiger partial charge in [0.2, 0.25) is 5.16 Å². The van der Waals surface area contributed by atoms with Crippen molar-refractivity contribution in [3.05, 3.63) is 64.4 Å². The molecule has 0 radical (unpaired) electrons. The van der Waals surface area contributed by atoms with E-state index in [1.807, 2.05) is 24.3 Å². The van der Waals surface area contributed by atoms with E-state index < -0.39 is 0 Å². The van der Waals surface area contributed by atoms with Gasteiger partial charge in [-0.1, -0.05) is 52.0 Å². The first-order chi connectivity index (χ1) is 11.2. The largest absolute Gasteiger partial charge is 0.212 e. The second-order valence-electron chi connectivity index (χ2n) is 4.97. The summed E-state index contributed by atoms with van der Waals surface area (Å²) in [5.74, 6) is 1.12. The van der Waals surface area contributed by atoms with Crippen molar-refractivity contribution in [1.29, 1.82) is 0 Å². The summed E-state index contributed by atoms with van der Waals surface area (Å²) in [7, 11) is 0. The molecule has 114 valence electrons. The highest BCUT2D eigenvalue weighted by molar-refractivity contribution is 9.10. The Labute approximate surface area is 144 Å².